The minimum atomic E-state index is -0.211. The second-order valence-electron chi connectivity index (χ2n) is 8.32. The molecule has 0 unspecified atom stereocenters. The molecule has 8 heteroatoms. The number of piperidine rings is 1. The van der Waals surface area contributed by atoms with E-state index < -0.39 is 0 Å². The zero-order valence-electron chi connectivity index (χ0n) is 18.5. The summed E-state index contributed by atoms with van der Waals surface area (Å²) < 4.78 is 7.60. The van der Waals surface area contributed by atoms with E-state index in [0.29, 0.717) is 22.2 Å². The molecule has 1 fully saturated rings. The third-order valence-electron chi connectivity index (χ3n) is 6.06. The van der Waals surface area contributed by atoms with Crippen molar-refractivity contribution in [2.45, 2.75) is 25.4 Å². The van der Waals surface area contributed by atoms with Gasteiger partial charge < -0.3 is 19.5 Å². The lowest BCUT2D eigenvalue weighted by molar-refractivity contribution is 0.0936. The zero-order chi connectivity index (χ0) is 23.4. The quantitative estimate of drug-likeness (QED) is 0.498. The van der Waals surface area contributed by atoms with Crippen LogP contribution in [0.5, 0.6) is 5.75 Å². The number of benzene rings is 2. The molecule has 1 saturated heterocycles. The lowest BCUT2D eigenvalue weighted by atomic mass is 10.1. The molecule has 33 heavy (non-hydrogen) atoms. The van der Waals surface area contributed by atoms with Gasteiger partial charge in [0.05, 0.1) is 21.1 Å². The van der Waals surface area contributed by atoms with Crippen LogP contribution >= 0.6 is 23.2 Å². The minimum Gasteiger partial charge on any atom is -0.490 e. The van der Waals surface area contributed by atoms with E-state index >= 15 is 0 Å². The number of likely N-dealkylation sites (tertiary alicyclic amines) is 1. The molecule has 174 valence electrons. The summed E-state index contributed by atoms with van der Waals surface area (Å²) in [4.78, 5) is 27.3. The summed E-state index contributed by atoms with van der Waals surface area (Å²) in [5.74, 6) is 0.534. The molecule has 0 atom stereocenters. The van der Waals surface area contributed by atoms with Crippen LogP contribution in [0, 0.1) is 0 Å². The number of halogens is 2. The Balaban J connectivity index is 1.22. The molecular weight excluding hydrogens is 461 g/mol. The predicted molar refractivity (Wildman–Crippen MR) is 133 cm³/mol. The fourth-order valence-electron chi connectivity index (χ4n) is 4.19. The number of nitrogens with one attached hydrogen (secondary N) is 1. The zero-order valence-corrected chi connectivity index (χ0v) is 20.0. The van der Waals surface area contributed by atoms with E-state index in [9.17, 15) is 9.59 Å². The average molecular weight is 488 g/mol. The fourth-order valence-corrected chi connectivity index (χ4v) is 4.48. The molecule has 1 amide bonds. The molecular formula is C25H27Cl2N3O3. The standard InChI is InChI=1S/C25H27Cl2N3O3/c1-29-23-6-3-2-5-19(23)20(16-24(29)31)25(32)28-11-4-12-30-13-9-17(10-14-30)33-18-7-8-21(26)22(27)15-18/h2-3,5-8,15-17H,4,9-14H2,1H3,(H,28,32). The summed E-state index contributed by atoms with van der Waals surface area (Å²) >= 11 is 12.0. The Hall–Kier alpha value is -2.54. The molecule has 0 bridgehead atoms. The number of aryl methyl sites for hydroxylation is 1. The van der Waals surface area contributed by atoms with E-state index in [-0.39, 0.29) is 17.6 Å². The van der Waals surface area contributed by atoms with Gasteiger partial charge >= 0.3 is 0 Å². The van der Waals surface area contributed by atoms with Crippen molar-refractivity contribution in [3.05, 3.63) is 74.5 Å². The van der Waals surface area contributed by atoms with Crippen molar-refractivity contribution < 1.29 is 9.53 Å². The van der Waals surface area contributed by atoms with Crippen LogP contribution in [0.3, 0.4) is 0 Å². The molecule has 0 saturated carbocycles. The fraction of sp³-hybridized carbons (Fsp3) is 0.360. The van der Waals surface area contributed by atoms with Gasteiger partial charge in [0.25, 0.3) is 11.5 Å². The number of para-hydroxylation sites is 1. The maximum absolute atomic E-state index is 12.7. The molecule has 6 nitrogen and oxygen atoms in total. The highest BCUT2D eigenvalue weighted by Crippen LogP contribution is 2.28. The molecule has 0 radical (unpaired) electrons. The minimum absolute atomic E-state index is 0.159. The van der Waals surface area contributed by atoms with Crippen molar-refractivity contribution in [2.24, 2.45) is 7.05 Å². The van der Waals surface area contributed by atoms with E-state index in [2.05, 4.69) is 10.2 Å². The van der Waals surface area contributed by atoms with Gasteiger partial charge in [-0.2, -0.15) is 0 Å². The van der Waals surface area contributed by atoms with E-state index in [1.54, 1.807) is 23.7 Å². The lowest BCUT2D eigenvalue weighted by Crippen LogP contribution is -2.39. The predicted octanol–water partition coefficient (Wildman–Crippen LogP) is 4.51. The van der Waals surface area contributed by atoms with E-state index in [4.69, 9.17) is 27.9 Å². The molecule has 3 aromatic rings. The number of aromatic nitrogens is 1. The first-order valence-electron chi connectivity index (χ1n) is 11.1. The molecule has 2 heterocycles. The van der Waals surface area contributed by atoms with Gasteiger partial charge in [0.15, 0.2) is 0 Å². The van der Waals surface area contributed by atoms with Crippen molar-refractivity contribution in [3.8, 4) is 5.75 Å². The Morgan fingerprint density at radius 3 is 2.61 bits per heavy atom. The summed E-state index contributed by atoms with van der Waals surface area (Å²) in [7, 11) is 1.71. The van der Waals surface area contributed by atoms with Crippen LogP contribution in [0.15, 0.2) is 53.3 Å². The van der Waals surface area contributed by atoms with Gasteiger partial charge in [0.1, 0.15) is 11.9 Å². The molecule has 0 aliphatic carbocycles. The molecule has 1 aromatic heterocycles. The van der Waals surface area contributed by atoms with E-state index in [0.717, 1.165) is 55.5 Å². The smallest absolute Gasteiger partial charge is 0.252 e. The first-order chi connectivity index (χ1) is 15.9. The van der Waals surface area contributed by atoms with Gasteiger partial charge in [-0.3, -0.25) is 9.59 Å². The average Bonchev–Trinajstić information content (AvgIpc) is 2.82. The molecule has 1 aliphatic rings. The summed E-state index contributed by atoms with van der Waals surface area (Å²) in [5, 5.41) is 4.77. The monoisotopic (exact) mass is 487 g/mol. The number of carbonyl (C=O) groups is 1. The van der Waals surface area contributed by atoms with Crippen LogP contribution in [0.4, 0.5) is 0 Å². The molecule has 1 N–H and O–H groups in total. The number of hydrogen-bond donors (Lipinski definition) is 1. The van der Waals surface area contributed by atoms with Crippen LogP contribution in [0.25, 0.3) is 10.9 Å². The SMILES string of the molecule is Cn1c(=O)cc(C(=O)NCCCN2CCC(Oc3ccc(Cl)c(Cl)c3)CC2)c2ccccc21. The number of fused-ring (bicyclic) bond motifs is 1. The Bertz CT molecular complexity index is 1200. The topological polar surface area (TPSA) is 63.6 Å². The number of pyridine rings is 1. The highest BCUT2D eigenvalue weighted by Gasteiger charge is 2.20. The number of amides is 1. The third kappa shape index (κ3) is 5.69. The van der Waals surface area contributed by atoms with Crippen LogP contribution in [-0.4, -0.2) is 47.7 Å². The third-order valence-corrected chi connectivity index (χ3v) is 6.80. The lowest BCUT2D eigenvalue weighted by Gasteiger charge is -2.32. The van der Waals surface area contributed by atoms with E-state index in [1.165, 1.54) is 6.07 Å². The number of carbonyl (C=O) groups excluding carboxylic acids is 1. The first-order valence-corrected chi connectivity index (χ1v) is 11.9. The van der Waals surface area contributed by atoms with Crippen molar-refractivity contribution in [2.75, 3.05) is 26.2 Å². The van der Waals surface area contributed by atoms with Crippen LogP contribution in [0.1, 0.15) is 29.6 Å². The Morgan fingerprint density at radius 1 is 1.09 bits per heavy atom. The number of rotatable bonds is 7. The number of hydrogen-bond acceptors (Lipinski definition) is 4. The van der Waals surface area contributed by atoms with Gasteiger partial charge in [-0.15, -0.1) is 0 Å². The molecule has 2 aromatic carbocycles. The second-order valence-corrected chi connectivity index (χ2v) is 9.13. The maximum atomic E-state index is 12.7. The normalized spacial score (nSPS) is 15.0. The highest BCUT2D eigenvalue weighted by atomic mass is 35.5. The van der Waals surface area contributed by atoms with Gasteiger partial charge in [0, 0.05) is 44.2 Å². The van der Waals surface area contributed by atoms with Crippen LogP contribution in [0.2, 0.25) is 10.0 Å². The Labute approximate surface area is 203 Å². The second kappa shape index (κ2) is 10.6. The van der Waals surface area contributed by atoms with Gasteiger partial charge in [-0.25, -0.2) is 0 Å². The van der Waals surface area contributed by atoms with Crippen molar-refractivity contribution >= 4 is 40.0 Å². The largest absolute Gasteiger partial charge is 0.490 e. The van der Waals surface area contributed by atoms with Crippen LogP contribution in [-0.2, 0) is 7.05 Å². The van der Waals surface area contributed by atoms with Crippen molar-refractivity contribution in [1.29, 1.82) is 0 Å². The Kier molecular flexibility index (Phi) is 7.58. The summed E-state index contributed by atoms with van der Waals surface area (Å²) in [6, 6.07) is 14.2. The van der Waals surface area contributed by atoms with Gasteiger partial charge in [-0.1, -0.05) is 41.4 Å². The van der Waals surface area contributed by atoms with Crippen molar-refractivity contribution in [1.82, 2.24) is 14.8 Å². The van der Waals surface area contributed by atoms with E-state index in [1.807, 2.05) is 30.3 Å². The Morgan fingerprint density at radius 2 is 1.85 bits per heavy atom. The molecule has 1 aliphatic heterocycles. The highest BCUT2D eigenvalue weighted by molar-refractivity contribution is 6.42. The molecule has 4 rings (SSSR count). The van der Waals surface area contributed by atoms with Crippen LogP contribution < -0.4 is 15.6 Å². The molecule has 0 spiro atoms. The summed E-state index contributed by atoms with van der Waals surface area (Å²) in [6.45, 7) is 3.34. The van der Waals surface area contributed by atoms with Crippen molar-refractivity contribution in [3.63, 3.8) is 0 Å². The maximum Gasteiger partial charge on any atom is 0.252 e. The number of nitrogens with zero attached hydrogens (tertiary/aromatic N) is 2. The van der Waals surface area contributed by atoms with Gasteiger partial charge in [0.2, 0.25) is 0 Å². The number of ether oxygens (including phenoxy) is 1. The summed E-state index contributed by atoms with van der Waals surface area (Å²) in [5.41, 5.74) is 0.986. The van der Waals surface area contributed by atoms with Gasteiger partial charge in [-0.05, 0) is 44.0 Å². The first kappa shape index (κ1) is 23.6. The summed E-state index contributed by atoms with van der Waals surface area (Å²) in [6.07, 6.45) is 2.87.